The van der Waals surface area contributed by atoms with Crippen LogP contribution in [0.3, 0.4) is 0 Å². The van der Waals surface area contributed by atoms with Crippen LogP contribution in [0.25, 0.3) is 10.2 Å². The number of thiophene rings is 2. The van der Waals surface area contributed by atoms with E-state index in [0.717, 1.165) is 45.6 Å². The minimum Gasteiger partial charge on any atom is -0.309 e. The first-order valence-electron chi connectivity index (χ1n) is 7.56. The van der Waals surface area contributed by atoms with Crippen LogP contribution in [0.4, 0.5) is 0 Å². The van der Waals surface area contributed by atoms with Crippen LogP contribution in [-0.2, 0) is 25.9 Å². The van der Waals surface area contributed by atoms with Crippen molar-refractivity contribution >= 4 is 48.8 Å². The summed E-state index contributed by atoms with van der Waals surface area (Å²) in [7, 11) is 2.05. The average molecular weight is 410 g/mol. The lowest BCUT2D eigenvalue weighted by Gasteiger charge is -2.14. The Kier molecular flexibility index (Phi) is 4.13. The van der Waals surface area contributed by atoms with Crippen molar-refractivity contribution in [3.8, 4) is 0 Å². The first-order chi connectivity index (χ1) is 11.1. The van der Waals surface area contributed by atoms with Crippen LogP contribution in [-0.4, -0.2) is 21.9 Å². The van der Waals surface area contributed by atoms with Crippen LogP contribution in [0.2, 0.25) is 0 Å². The average Bonchev–Trinajstić information content (AvgIpc) is 3.14. The fraction of sp³-hybridized carbons (Fsp3) is 0.375. The zero-order chi connectivity index (χ0) is 16.0. The van der Waals surface area contributed by atoms with Crippen LogP contribution in [0.15, 0.2) is 20.7 Å². The smallest absolute Gasteiger partial charge is 0.259 e. The number of nitrogens with one attached hydrogen (secondary N) is 1. The summed E-state index contributed by atoms with van der Waals surface area (Å²) in [6.45, 7) is 1.49. The maximum absolute atomic E-state index is 12.5. The molecule has 120 valence electrons. The van der Waals surface area contributed by atoms with Crippen molar-refractivity contribution in [1.82, 2.24) is 14.9 Å². The van der Waals surface area contributed by atoms with Gasteiger partial charge in [-0.15, -0.1) is 22.7 Å². The normalized spacial score (nSPS) is 14.0. The molecule has 0 radical (unpaired) electrons. The fourth-order valence-corrected chi connectivity index (χ4v) is 5.98. The highest BCUT2D eigenvalue weighted by molar-refractivity contribution is 9.11. The zero-order valence-electron chi connectivity index (χ0n) is 12.7. The van der Waals surface area contributed by atoms with Gasteiger partial charge in [0.1, 0.15) is 10.7 Å². The Hall–Kier alpha value is -1.02. The molecule has 4 nitrogen and oxygen atoms in total. The second-order valence-electron chi connectivity index (χ2n) is 5.93. The fourth-order valence-electron chi connectivity index (χ4n) is 3.14. The highest BCUT2D eigenvalue weighted by Crippen LogP contribution is 2.34. The Morgan fingerprint density at radius 2 is 2.17 bits per heavy atom. The molecular formula is C16H16BrN3OS2. The van der Waals surface area contributed by atoms with Gasteiger partial charge in [0.05, 0.1) is 15.7 Å². The molecule has 1 aliphatic rings. The van der Waals surface area contributed by atoms with Gasteiger partial charge in [0, 0.05) is 16.3 Å². The SMILES string of the molecule is CN(Cc1nc2sc3c(c2c(=O)[nH]1)CCC3)Cc1ccc(Br)s1. The molecule has 0 aromatic carbocycles. The van der Waals surface area contributed by atoms with Crippen LogP contribution in [0.5, 0.6) is 0 Å². The van der Waals surface area contributed by atoms with Crippen LogP contribution >= 0.6 is 38.6 Å². The molecule has 0 amide bonds. The van der Waals surface area contributed by atoms with E-state index in [1.807, 2.05) is 7.05 Å². The summed E-state index contributed by atoms with van der Waals surface area (Å²) in [4.78, 5) is 25.9. The van der Waals surface area contributed by atoms with Crippen LogP contribution < -0.4 is 5.56 Å². The standard InChI is InChI=1S/C16H16BrN3OS2/c1-20(7-9-5-6-12(17)22-9)8-13-18-15(21)14-10-3-2-4-11(10)23-16(14)19-13/h5-6H,2-4,7-8H2,1H3,(H,18,19,21). The van der Waals surface area contributed by atoms with E-state index in [9.17, 15) is 4.79 Å². The molecule has 0 spiro atoms. The van der Waals surface area contributed by atoms with E-state index < -0.39 is 0 Å². The number of hydrogen-bond donors (Lipinski definition) is 1. The molecule has 3 aromatic heterocycles. The Labute approximate surface area is 150 Å². The molecule has 0 atom stereocenters. The maximum Gasteiger partial charge on any atom is 0.259 e. The molecule has 1 aliphatic carbocycles. The van der Waals surface area contributed by atoms with Gasteiger partial charge in [0.25, 0.3) is 5.56 Å². The summed E-state index contributed by atoms with van der Waals surface area (Å²) in [5.41, 5.74) is 1.26. The minimum absolute atomic E-state index is 0.0247. The summed E-state index contributed by atoms with van der Waals surface area (Å²) in [6, 6.07) is 4.18. The van der Waals surface area contributed by atoms with Crippen molar-refractivity contribution in [2.75, 3.05) is 7.05 Å². The second kappa shape index (κ2) is 6.12. The molecule has 23 heavy (non-hydrogen) atoms. The quantitative estimate of drug-likeness (QED) is 0.709. The van der Waals surface area contributed by atoms with E-state index in [1.165, 1.54) is 15.3 Å². The van der Waals surface area contributed by atoms with Crippen LogP contribution in [0.1, 0.15) is 27.6 Å². The van der Waals surface area contributed by atoms with Crippen molar-refractivity contribution in [3.63, 3.8) is 0 Å². The van der Waals surface area contributed by atoms with E-state index in [4.69, 9.17) is 4.98 Å². The lowest BCUT2D eigenvalue weighted by Crippen LogP contribution is -2.21. The summed E-state index contributed by atoms with van der Waals surface area (Å²) >= 11 is 6.92. The molecule has 3 aromatic rings. The lowest BCUT2D eigenvalue weighted by atomic mass is 10.2. The summed E-state index contributed by atoms with van der Waals surface area (Å²) < 4.78 is 1.14. The Morgan fingerprint density at radius 1 is 1.30 bits per heavy atom. The number of aromatic amines is 1. The predicted molar refractivity (Wildman–Crippen MR) is 99.5 cm³/mol. The topological polar surface area (TPSA) is 49.0 Å². The van der Waals surface area contributed by atoms with Gasteiger partial charge < -0.3 is 4.98 Å². The summed E-state index contributed by atoms with van der Waals surface area (Å²) in [5.74, 6) is 0.751. The Balaban J connectivity index is 1.58. The van der Waals surface area contributed by atoms with Crippen molar-refractivity contribution in [2.24, 2.45) is 0 Å². The summed E-state index contributed by atoms with van der Waals surface area (Å²) in [6.07, 6.45) is 3.28. The molecule has 1 N–H and O–H groups in total. The highest BCUT2D eigenvalue weighted by atomic mass is 79.9. The van der Waals surface area contributed by atoms with E-state index in [0.29, 0.717) is 6.54 Å². The Bertz CT molecular complexity index is 927. The van der Waals surface area contributed by atoms with E-state index in [-0.39, 0.29) is 5.56 Å². The first kappa shape index (κ1) is 15.5. The highest BCUT2D eigenvalue weighted by Gasteiger charge is 2.21. The third-order valence-electron chi connectivity index (χ3n) is 4.10. The molecule has 3 heterocycles. The number of aryl methyl sites for hydroxylation is 2. The number of halogens is 1. The number of rotatable bonds is 4. The molecular weight excluding hydrogens is 394 g/mol. The molecule has 0 saturated heterocycles. The van der Waals surface area contributed by atoms with Gasteiger partial charge in [0.15, 0.2) is 0 Å². The second-order valence-corrected chi connectivity index (χ2v) is 9.56. The Morgan fingerprint density at radius 3 is 2.96 bits per heavy atom. The van der Waals surface area contributed by atoms with Crippen molar-refractivity contribution < 1.29 is 0 Å². The molecule has 7 heteroatoms. The molecule has 0 fully saturated rings. The van der Waals surface area contributed by atoms with Gasteiger partial charge in [0.2, 0.25) is 0 Å². The lowest BCUT2D eigenvalue weighted by molar-refractivity contribution is 0.313. The van der Waals surface area contributed by atoms with Gasteiger partial charge >= 0.3 is 0 Å². The van der Waals surface area contributed by atoms with Crippen molar-refractivity contribution in [2.45, 2.75) is 32.4 Å². The molecule has 0 unspecified atom stereocenters. The third kappa shape index (κ3) is 3.03. The maximum atomic E-state index is 12.5. The summed E-state index contributed by atoms with van der Waals surface area (Å²) in [5, 5.41) is 0.830. The van der Waals surface area contributed by atoms with Gasteiger partial charge in [-0.3, -0.25) is 9.69 Å². The van der Waals surface area contributed by atoms with Gasteiger partial charge in [-0.25, -0.2) is 4.98 Å². The van der Waals surface area contributed by atoms with Gasteiger partial charge in [-0.2, -0.15) is 0 Å². The van der Waals surface area contributed by atoms with Crippen LogP contribution in [0, 0.1) is 0 Å². The third-order valence-corrected chi connectivity index (χ3v) is 6.89. The number of H-pyrrole nitrogens is 1. The number of aromatic nitrogens is 2. The number of fused-ring (bicyclic) bond motifs is 3. The molecule has 4 rings (SSSR count). The van der Waals surface area contributed by atoms with Crippen molar-refractivity contribution in [3.05, 3.63) is 47.4 Å². The zero-order valence-corrected chi connectivity index (χ0v) is 15.9. The minimum atomic E-state index is 0.0247. The molecule has 0 aliphatic heterocycles. The van der Waals surface area contributed by atoms with E-state index in [2.05, 4.69) is 37.9 Å². The van der Waals surface area contributed by atoms with Gasteiger partial charge in [-0.05, 0) is 59.9 Å². The van der Waals surface area contributed by atoms with Crippen molar-refractivity contribution in [1.29, 1.82) is 0 Å². The van der Waals surface area contributed by atoms with E-state index >= 15 is 0 Å². The number of nitrogens with zero attached hydrogens (tertiary/aromatic N) is 2. The first-order valence-corrected chi connectivity index (χ1v) is 9.99. The predicted octanol–water partition coefficient (Wildman–Crippen LogP) is 3.93. The molecule has 0 saturated carbocycles. The largest absolute Gasteiger partial charge is 0.309 e. The molecule has 0 bridgehead atoms. The number of hydrogen-bond acceptors (Lipinski definition) is 5. The monoisotopic (exact) mass is 409 g/mol. The van der Waals surface area contributed by atoms with Gasteiger partial charge in [-0.1, -0.05) is 0 Å². The van der Waals surface area contributed by atoms with E-state index in [1.54, 1.807) is 22.7 Å².